The molecule has 0 aromatic heterocycles. The Morgan fingerprint density at radius 1 is 1.18 bits per heavy atom. The first-order valence-electron chi connectivity index (χ1n) is 6.77. The quantitative estimate of drug-likeness (QED) is 0.666. The molecule has 2 aromatic carbocycles. The molecule has 2 aromatic rings. The summed E-state index contributed by atoms with van der Waals surface area (Å²) >= 11 is 1.26. The molecule has 0 saturated carbocycles. The van der Waals surface area contributed by atoms with Gasteiger partial charge in [-0.3, -0.25) is 4.31 Å². The molecular weight excluding hydrogens is 306 g/mol. The normalized spacial score (nSPS) is 14.9. The number of nitrogens with zero attached hydrogens (tertiary/aromatic N) is 1. The molecule has 114 valence electrons. The first kappa shape index (κ1) is 14.9. The molecule has 0 amide bonds. The van der Waals surface area contributed by atoms with Crippen molar-refractivity contribution in [2.24, 2.45) is 0 Å². The molecule has 3 nitrogen and oxygen atoms in total. The van der Waals surface area contributed by atoms with Crippen LogP contribution in [0.2, 0.25) is 0 Å². The number of hydrogen-bond acceptors (Lipinski definition) is 4. The van der Waals surface area contributed by atoms with Crippen molar-refractivity contribution >= 4 is 30.0 Å². The van der Waals surface area contributed by atoms with Crippen LogP contribution in [0, 0.1) is 11.6 Å². The van der Waals surface area contributed by atoms with E-state index in [0.717, 1.165) is 0 Å². The lowest BCUT2D eigenvalue weighted by Crippen LogP contribution is -2.12. The zero-order valence-corrected chi connectivity index (χ0v) is 12.4. The zero-order valence-electron chi connectivity index (χ0n) is 11.6. The average Bonchev–Trinajstić information content (AvgIpc) is 3.01. The Morgan fingerprint density at radius 2 is 2.05 bits per heavy atom. The Hall–Kier alpha value is -2.05. The van der Waals surface area contributed by atoms with E-state index in [2.05, 4.69) is 4.72 Å². The number of aromatic hydroxyl groups is 1. The van der Waals surface area contributed by atoms with Crippen LogP contribution in [0.3, 0.4) is 0 Å². The Labute approximate surface area is 131 Å². The second-order valence-electron chi connectivity index (χ2n) is 4.81. The summed E-state index contributed by atoms with van der Waals surface area (Å²) in [5.41, 5.74) is 1.15. The van der Waals surface area contributed by atoms with Gasteiger partial charge in [-0.25, -0.2) is 13.5 Å². The third-order valence-electron chi connectivity index (χ3n) is 3.27. The molecule has 22 heavy (non-hydrogen) atoms. The summed E-state index contributed by atoms with van der Waals surface area (Å²) in [6.07, 6.45) is 3.21. The largest absolute Gasteiger partial charge is 0.506 e. The molecule has 3 rings (SSSR count). The van der Waals surface area contributed by atoms with Crippen molar-refractivity contribution in [3.63, 3.8) is 0 Å². The van der Waals surface area contributed by atoms with Crippen molar-refractivity contribution in [3.05, 3.63) is 59.2 Å². The van der Waals surface area contributed by atoms with Gasteiger partial charge in [-0.05, 0) is 29.8 Å². The van der Waals surface area contributed by atoms with Crippen LogP contribution in [0.1, 0.15) is 11.1 Å². The van der Waals surface area contributed by atoms with Gasteiger partial charge < -0.3 is 5.11 Å². The van der Waals surface area contributed by atoms with E-state index >= 15 is 0 Å². The minimum absolute atomic E-state index is 0.100. The van der Waals surface area contributed by atoms with E-state index in [1.54, 1.807) is 28.6 Å². The summed E-state index contributed by atoms with van der Waals surface area (Å²) in [5.74, 6) is -0.936. The second-order valence-corrected chi connectivity index (χ2v) is 5.72. The van der Waals surface area contributed by atoms with Crippen molar-refractivity contribution in [1.82, 2.24) is 4.72 Å². The first-order valence-corrected chi connectivity index (χ1v) is 7.55. The highest BCUT2D eigenvalue weighted by atomic mass is 32.2. The lowest BCUT2D eigenvalue weighted by Gasteiger charge is -2.17. The van der Waals surface area contributed by atoms with E-state index in [9.17, 15) is 13.9 Å². The highest BCUT2D eigenvalue weighted by molar-refractivity contribution is 7.99. The predicted molar refractivity (Wildman–Crippen MR) is 86.3 cm³/mol. The fraction of sp³-hybridized carbons (Fsp3) is 0.125. The lowest BCUT2D eigenvalue weighted by atomic mass is 10.1. The van der Waals surface area contributed by atoms with Gasteiger partial charge >= 0.3 is 0 Å². The molecule has 6 heteroatoms. The van der Waals surface area contributed by atoms with Crippen LogP contribution < -0.4 is 9.03 Å². The van der Waals surface area contributed by atoms with E-state index < -0.39 is 5.82 Å². The third kappa shape index (κ3) is 3.08. The molecule has 0 unspecified atom stereocenters. The summed E-state index contributed by atoms with van der Waals surface area (Å²) in [6, 6.07) is 9.02. The van der Waals surface area contributed by atoms with Crippen molar-refractivity contribution in [1.29, 1.82) is 0 Å². The van der Waals surface area contributed by atoms with Crippen LogP contribution in [-0.4, -0.2) is 18.2 Å². The number of anilines is 1. The second kappa shape index (κ2) is 6.37. The predicted octanol–water partition coefficient (Wildman–Crippen LogP) is 3.81. The summed E-state index contributed by atoms with van der Waals surface area (Å²) in [6.45, 7) is 1.32. The van der Waals surface area contributed by atoms with E-state index in [0.29, 0.717) is 24.2 Å². The van der Waals surface area contributed by atoms with Crippen molar-refractivity contribution in [2.45, 2.75) is 0 Å². The maximum Gasteiger partial charge on any atom is 0.158 e. The Balaban J connectivity index is 1.92. The molecule has 1 saturated heterocycles. The smallest absolute Gasteiger partial charge is 0.158 e. The molecule has 0 radical (unpaired) electrons. The molecule has 1 fully saturated rings. The number of hydrogen-bond donors (Lipinski definition) is 2. The molecule has 2 N–H and O–H groups in total. The van der Waals surface area contributed by atoms with Crippen LogP contribution in [0.15, 0.2) is 36.4 Å². The molecule has 0 spiro atoms. The maximum absolute atomic E-state index is 14.6. The highest BCUT2D eigenvalue weighted by Gasteiger charge is 2.22. The summed E-state index contributed by atoms with van der Waals surface area (Å²) in [7, 11) is 0. The van der Waals surface area contributed by atoms with Gasteiger partial charge in [-0.15, -0.1) is 0 Å². The van der Waals surface area contributed by atoms with Crippen LogP contribution >= 0.6 is 12.1 Å². The van der Waals surface area contributed by atoms with Gasteiger partial charge in [0.25, 0.3) is 0 Å². The summed E-state index contributed by atoms with van der Waals surface area (Å²) in [5, 5.41) is 9.90. The molecule has 1 aliphatic rings. The molecular formula is C16H14F2N2OS. The zero-order chi connectivity index (χ0) is 15.5. The van der Waals surface area contributed by atoms with E-state index in [1.807, 2.05) is 0 Å². The highest BCUT2D eigenvalue weighted by Crippen LogP contribution is 2.37. The van der Waals surface area contributed by atoms with Gasteiger partial charge in [0, 0.05) is 30.8 Å². The average molecular weight is 320 g/mol. The van der Waals surface area contributed by atoms with Gasteiger partial charge in [0.15, 0.2) is 5.82 Å². The summed E-state index contributed by atoms with van der Waals surface area (Å²) < 4.78 is 32.4. The first-order chi connectivity index (χ1) is 10.6. The van der Waals surface area contributed by atoms with Crippen LogP contribution in [0.25, 0.3) is 12.2 Å². The topological polar surface area (TPSA) is 35.5 Å². The Kier molecular flexibility index (Phi) is 4.31. The minimum atomic E-state index is -0.496. The summed E-state index contributed by atoms with van der Waals surface area (Å²) in [4.78, 5) is 0. The number of nitrogens with one attached hydrogen (secondary N) is 1. The van der Waals surface area contributed by atoms with Gasteiger partial charge in [0.05, 0.1) is 0 Å². The number of benzene rings is 2. The number of phenolic OH excluding ortho intramolecular Hbond substituents is 1. The Bertz CT molecular complexity index is 715. The Morgan fingerprint density at radius 3 is 2.77 bits per heavy atom. The van der Waals surface area contributed by atoms with Crippen LogP contribution in [0.4, 0.5) is 14.5 Å². The molecule has 0 atom stereocenters. The van der Waals surface area contributed by atoms with Gasteiger partial charge in [0.1, 0.15) is 17.3 Å². The molecule has 1 aliphatic heterocycles. The fourth-order valence-electron chi connectivity index (χ4n) is 2.21. The number of halogens is 2. The fourth-order valence-corrected chi connectivity index (χ4v) is 2.99. The van der Waals surface area contributed by atoms with Gasteiger partial charge in [0.2, 0.25) is 0 Å². The van der Waals surface area contributed by atoms with Crippen molar-refractivity contribution in [2.75, 3.05) is 17.4 Å². The lowest BCUT2D eigenvalue weighted by molar-refractivity contribution is 0.470. The van der Waals surface area contributed by atoms with E-state index in [-0.39, 0.29) is 17.3 Å². The van der Waals surface area contributed by atoms with E-state index in [1.165, 1.54) is 36.4 Å². The van der Waals surface area contributed by atoms with Crippen LogP contribution in [-0.2, 0) is 0 Å². The minimum Gasteiger partial charge on any atom is -0.506 e. The monoisotopic (exact) mass is 320 g/mol. The molecule has 1 heterocycles. The van der Waals surface area contributed by atoms with Crippen molar-refractivity contribution in [3.8, 4) is 5.75 Å². The maximum atomic E-state index is 14.6. The van der Waals surface area contributed by atoms with Gasteiger partial charge in [-0.1, -0.05) is 24.3 Å². The molecule has 0 bridgehead atoms. The number of rotatable bonds is 3. The van der Waals surface area contributed by atoms with Crippen LogP contribution in [0.5, 0.6) is 5.75 Å². The third-order valence-corrected chi connectivity index (χ3v) is 4.19. The van der Waals surface area contributed by atoms with Crippen molar-refractivity contribution < 1.29 is 13.9 Å². The standard InChI is InChI=1S/C16H14F2N2OS/c17-13-3-1-2-11(10-13)4-5-12-6-7-14(21)16(15(12)18)20-9-8-19-22-20/h1-7,10,19,21H,8-9H2/b5-4+. The van der Waals surface area contributed by atoms with E-state index in [4.69, 9.17) is 0 Å². The number of phenols is 1. The SMILES string of the molecule is Oc1ccc(/C=C/c2cccc(F)c2)c(F)c1N1CCNS1. The van der Waals surface area contributed by atoms with Gasteiger partial charge in [-0.2, -0.15) is 0 Å². The molecule has 0 aliphatic carbocycles.